The Morgan fingerprint density at radius 1 is 0.889 bits per heavy atom. The number of carbonyl (C=O) groups excluding carboxylic acids is 1. The Hall–Kier alpha value is -0.313. The van der Waals surface area contributed by atoms with Gasteiger partial charge in [0.15, 0.2) is 0 Å². The van der Waals surface area contributed by atoms with Gasteiger partial charge in [-0.2, -0.15) is 0 Å². The zero-order valence-corrected chi connectivity index (χ0v) is 14.4. The zero-order chi connectivity index (χ0) is 14.3. The number of carbonyl (C=O) groups is 1. The lowest BCUT2D eigenvalue weighted by Crippen LogP contribution is -2.51. The molecule has 108 valence electrons. The van der Waals surface area contributed by atoms with Crippen LogP contribution in [0.4, 0.5) is 0 Å². The van der Waals surface area contributed by atoms with E-state index in [1.165, 1.54) is 0 Å². The summed E-state index contributed by atoms with van der Waals surface area (Å²) >= 11 is 0. The lowest BCUT2D eigenvalue weighted by molar-refractivity contribution is -0.135. The van der Waals surface area contributed by atoms with Crippen LogP contribution in [0.25, 0.3) is 0 Å². The summed E-state index contributed by atoms with van der Waals surface area (Å²) < 4.78 is 6.15. The van der Waals surface area contributed by atoms with E-state index in [1.54, 1.807) is 0 Å². The van der Waals surface area contributed by atoms with Crippen molar-refractivity contribution in [2.75, 3.05) is 0 Å². The van der Waals surface area contributed by atoms with E-state index >= 15 is 0 Å². The van der Waals surface area contributed by atoms with Gasteiger partial charge in [0.2, 0.25) is 0 Å². The summed E-state index contributed by atoms with van der Waals surface area (Å²) in [6.45, 7) is 15.4. The largest absolute Gasteiger partial charge is 0.518 e. The van der Waals surface area contributed by atoms with Crippen LogP contribution in [0.5, 0.6) is 0 Å². The minimum atomic E-state index is -2.04. The van der Waals surface area contributed by atoms with Crippen LogP contribution in [0.1, 0.15) is 74.1 Å². The lowest BCUT2D eigenvalue weighted by atomic mass is 10.3. The molecule has 0 aromatic rings. The predicted molar refractivity (Wildman–Crippen MR) is 81.3 cm³/mol. The summed E-state index contributed by atoms with van der Waals surface area (Å²) in [6.07, 6.45) is 3.83. The fourth-order valence-electron chi connectivity index (χ4n) is 2.99. The van der Waals surface area contributed by atoms with E-state index in [-0.39, 0.29) is 5.97 Å². The van der Waals surface area contributed by atoms with Crippen molar-refractivity contribution < 1.29 is 9.22 Å². The third-order valence-corrected chi connectivity index (χ3v) is 11.2. The Morgan fingerprint density at radius 2 is 1.22 bits per heavy atom. The average Bonchev–Trinajstić information content (AvgIpc) is 2.41. The molecule has 0 saturated carbocycles. The van der Waals surface area contributed by atoms with Crippen molar-refractivity contribution in [2.45, 2.75) is 90.8 Å². The molecule has 0 aromatic heterocycles. The number of rotatable bonds is 8. The highest BCUT2D eigenvalue weighted by Crippen LogP contribution is 2.47. The molecule has 0 bridgehead atoms. The highest BCUT2D eigenvalue weighted by atomic mass is 28.4. The van der Waals surface area contributed by atoms with Gasteiger partial charge in [0.05, 0.1) is 0 Å². The summed E-state index contributed by atoms with van der Waals surface area (Å²) in [5.41, 5.74) is 1.62. The first-order chi connectivity index (χ1) is 8.40. The molecule has 3 unspecified atom stereocenters. The maximum absolute atomic E-state index is 11.9. The van der Waals surface area contributed by atoms with Gasteiger partial charge in [0.25, 0.3) is 14.3 Å². The van der Waals surface area contributed by atoms with Crippen molar-refractivity contribution in [1.82, 2.24) is 0 Å². The maximum Gasteiger partial charge on any atom is 0.292 e. The van der Waals surface area contributed by atoms with E-state index < -0.39 is 8.32 Å². The Bertz CT molecular complexity index is 226. The van der Waals surface area contributed by atoms with Crippen molar-refractivity contribution in [3.63, 3.8) is 0 Å². The fourth-order valence-corrected chi connectivity index (χ4v) is 8.96. The minimum absolute atomic E-state index is 0.00238. The van der Waals surface area contributed by atoms with Crippen molar-refractivity contribution in [1.29, 1.82) is 0 Å². The molecule has 0 fully saturated rings. The van der Waals surface area contributed by atoms with E-state index in [9.17, 15) is 4.79 Å². The topological polar surface area (TPSA) is 26.3 Å². The van der Waals surface area contributed by atoms with Gasteiger partial charge >= 0.3 is 0 Å². The van der Waals surface area contributed by atoms with Crippen LogP contribution in [0.15, 0.2) is 0 Å². The number of hydrogen-bond donors (Lipinski definition) is 0. The van der Waals surface area contributed by atoms with Crippen LogP contribution in [0.2, 0.25) is 16.6 Å². The van der Waals surface area contributed by atoms with Crippen LogP contribution in [0.3, 0.4) is 0 Å². The lowest BCUT2D eigenvalue weighted by Gasteiger charge is -2.44. The van der Waals surface area contributed by atoms with Gasteiger partial charge in [-0.15, -0.1) is 0 Å². The first kappa shape index (κ1) is 17.7. The maximum atomic E-state index is 11.9. The van der Waals surface area contributed by atoms with Gasteiger partial charge in [-0.3, -0.25) is 4.79 Å². The predicted octanol–water partition coefficient (Wildman–Crippen LogP) is 5.29. The summed E-state index contributed by atoms with van der Waals surface area (Å²) in [5, 5.41) is 0. The highest BCUT2D eigenvalue weighted by molar-refractivity contribution is 6.79. The van der Waals surface area contributed by atoms with Crippen molar-refractivity contribution >= 4 is 14.3 Å². The molecule has 0 aliphatic rings. The normalized spacial score (nSPS) is 19.7. The molecule has 0 radical (unpaired) electrons. The van der Waals surface area contributed by atoms with Crippen molar-refractivity contribution in [3.8, 4) is 0 Å². The molecule has 0 aliphatic carbocycles. The Labute approximate surface area is 115 Å². The SMILES string of the molecule is CCC(=O)O[Si](C(C)CC)(C(C)CC)C(C)CC. The second-order valence-electron chi connectivity index (χ2n) is 5.61. The first-order valence-electron chi connectivity index (χ1n) is 7.62. The molecule has 0 aliphatic heterocycles. The minimum Gasteiger partial charge on any atom is -0.518 e. The van der Waals surface area contributed by atoms with E-state index in [0.29, 0.717) is 23.0 Å². The summed E-state index contributed by atoms with van der Waals surface area (Å²) in [7, 11) is -2.04. The Morgan fingerprint density at radius 3 is 1.44 bits per heavy atom. The van der Waals surface area contributed by atoms with Crippen LogP contribution in [0, 0.1) is 0 Å². The van der Waals surface area contributed by atoms with Crippen LogP contribution >= 0.6 is 0 Å². The fraction of sp³-hybridized carbons (Fsp3) is 0.933. The van der Waals surface area contributed by atoms with Gasteiger partial charge in [0.1, 0.15) is 0 Å². The van der Waals surface area contributed by atoms with Crippen LogP contribution in [-0.4, -0.2) is 14.3 Å². The summed E-state index contributed by atoms with van der Waals surface area (Å²) in [5.74, 6) is 0.00238. The standard InChI is InChI=1S/C15H32O2Si/c1-8-12(5)18(13(6)9-2,14(7)10-3)17-15(16)11-4/h12-14H,8-11H2,1-7H3. The Balaban J connectivity index is 5.46. The molecular formula is C15H32O2Si. The molecule has 2 nitrogen and oxygen atoms in total. The van der Waals surface area contributed by atoms with Gasteiger partial charge in [-0.1, -0.05) is 67.7 Å². The van der Waals surface area contributed by atoms with E-state index in [0.717, 1.165) is 19.3 Å². The first-order valence-corrected chi connectivity index (χ1v) is 9.76. The van der Waals surface area contributed by atoms with Gasteiger partial charge < -0.3 is 4.43 Å². The molecule has 0 amide bonds. The molecule has 0 aromatic carbocycles. The quantitative estimate of drug-likeness (QED) is 0.561. The third kappa shape index (κ3) is 3.59. The molecule has 0 N–H and O–H groups in total. The van der Waals surface area contributed by atoms with Crippen LogP contribution in [-0.2, 0) is 9.22 Å². The van der Waals surface area contributed by atoms with Crippen molar-refractivity contribution in [3.05, 3.63) is 0 Å². The zero-order valence-electron chi connectivity index (χ0n) is 13.4. The van der Waals surface area contributed by atoms with Gasteiger partial charge in [-0.05, 0) is 16.6 Å². The highest BCUT2D eigenvalue weighted by Gasteiger charge is 2.50. The molecule has 0 saturated heterocycles. The van der Waals surface area contributed by atoms with Gasteiger partial charge in [-0.25, -0.2) is 0 Å². The molecule has 3 heteroatoms. The van der Waals surface area contributed by atoms with Crippen molar-refractivity contribution in [2.24, 2.45) is 0 Å². The smallest absolute Gasteiger partial charge is 0.292 e. The molecule has 18 heavy (non-hydrogen) atoms. The van der Waals surface area contributed by atoms with Gasteiger partial charge in [0, 0.05) is 6.42 Å². The Kier molecular flexibility index (Phi) is 7.84. The second-order valence-corrected chi connectivity index (χ2v) is 10.5. The second kappa shape index (κ2) is 7.98. The molecular weight excluding hydrogens is 240 g/mol. The molecule has 0 heterocycles. The average molecular weight is 273 g/mol. The molecule has 0 rings (SSSR count). The molecule has 3 atom stereocenters. The monoisotopic (exact) mass is 272 g/mol. The molecule has 0 spiro atoms. The van der Waals surface area contributed by atoms with Crippen LogP contribution < -0.4 is 0 Å². The van der Waals surface area contributed by atoms with E-state index in [2.05, 4.69) is 41.5 Å². The van der Waals surface area contributed by atoms with E-state index in [1.807, 2.05) is 6.92 Å². The summed E-state index contributed by atoms with van der Waals surface area (Å²) in [4.78, 5) is 11.9. The van der Waals surface area contributed by atoms with E-state index in [4.69, 9.17) is 4.43 Å². The number of hydrogen-bond acceptors (Lipinski definition) is 2. The third-order valence-electron chi connectivity index (χ3n) is 4.73. The summed E-state index contributed by atoms with van der Waals surface area (Å²) in [6, 6.07) is 0.